The van der Waals surface area contributed by atoms with Gasteiger partial charge in [-0.05, 0) is 53.5 Å². The minimum absolute atomic E-state index is 0.297. The topological polar surface area (TPSA) is 58.2 Å². The first-order valence-corrected chi connectivity index (χ1v) is 7.82. The Morgan fingerprint density at radius 3 is 2.82 bits per heavy atom. The molecule has 0 aromatic heterocycles. The molecule has 1 aromatic carbocycles. The lowest BCUT2D eigenvalue weighted by Gasteiger charge is -2.11. The van der Waals surface area contributed by atoms with Gasteiger partial charge in [0.15, 0.2) is 0 Å². The standard InChI is InChI=1S/C11H15BrN2O2S/c12-10-3-1-2-4-11(10)17(15,16)14-8-9-5-6-13-7-9/h1-4,9,13-14H,5-8H2. The number of benzene rings is 1. The summed E-state index contributed by atoms with van der Waals surface area (Å²) in [5.41, 5.74) is 0. The van der Waals surface area contributed by atoms with E-state index in [4.69, 9.17) is 0 Å². The predicted octanol–water partition coefficient (Wildman–Crippen LogP) is 1.34. The van der Waals surface area contributed by atoms with Crippen LogP contribution in [-0.4, -0.2) is 28.1 Å². The molecule has 2 rings (SSSR count). The lowest BCUT2D eigenvalue weighted by atomic mass is 10.1. The van der Waals surface area contributed by atoms with E-state index in [1.54, 1.807) is 24.3 Å². The Morgan fingerprint density at radius 2 is 2.18 bits per heavy atom. The highest BCUT2D eigenvalue weighted by Crippen LogP contribution is 2.21. The number of sulfonamides is 1. The van der Waals surface area contributed by atoms with Gasteiger partial charge in [0.2, 0.25) is 10.0 Å². The number of rotatable bonds is 4. The van der Waals surface area contributed by atoms with Crippen LogP contribution in [0.5, 0.6) is 0 Å². The molecule has 0 bridgehead atoms. The summed E-state index contributed by atoms with van der Waals surface area (Å²) in [6.45, 7) is 2.36. The van der Waals surface area contributed by atoms with Crippen molar-refractivity contribution < 1.29 is 8.42 Å². The average molecular weight is 319 g/mol. The second-order valence-electron chi connectivity index (χ2n) is 4.14. The molecule has 1 atom stereocenters. The van der Waals surface area contributed by atoms with E-state index in [1.165, 1.54) is 0 Å². The van der Waals surface area contributed by atoms with E-state index in [0.717, 1.165) is 19.5 Å². The molecule has 2 N–H and O–H groups in total. The molecule has 17 heavy (non-hydrogen) atoms. The van der Waals surface area contributed by atoms with Crippen molar-refractivity contribution in [2.45, 2.75) is 11.3 Å². The smallest absolute Gasteiger partial charge is 0.241 e. The zero-order chi connectivity index (χ0) is 12.3. The van der Waals surface area contributed by atoms with E-state index in [2.05, 4.69) is 26.0 Å². The van der Waals surface area contributed by atoms with E-state index in [-0.39, 0.29) is 0 Å². The minimum atomic E-state index is -3.40. The van der Waals surface area contributed by atoms with Crippen molar-refractivity contribution in [1.82, 2.24) is 10.0 Å². The van der Waals surface area contributed by atoms with Crippen molar-refractivity contribution in [3.05, 3.63) is 28.7 Å². The number of hydrogen-bond acceptors (Lipinski definition) is 3. The molecule has 1 saturated heterocycles. The molecule has 6 heteroatoms. The Hall–Kier alpha value is -0.430. The molecule has 1 heterocycles. The van der Waals surface area contributed by atoms with Crippen molar-refractivity contribution in [3.8, 4) is 0 Å². The Morgan fingerprint density at radius 1 is 1.41 bits per heavy atom. The van der Waals surface area contributed by atoms with Gasteiger partial charge in [0, 0.05) is 11.0 Å². The number of hydrogen-bond donors (Lipinski definition) is 2. The summed E-state index contributed by atoms with van der Waals surface area (Å²) in [7, 11) is -3.40. The van der Waals surface area contributed by atoms with Crippen LogP contribution in [0.15, 0.2) is 33.6 Å². The Bertz CT molecular complexity index is 484. The maximum atomic E-state index is 12.0. The predicted molar refractivity (Wildman–Crippen MR) is 70.3 cm³/mol. The number of halogens is 1. The van der Waals surface area contributed by atoms with Gasteiger partial charge in [-0.2, -0.15) is 0 Å². The quantitative estimate of drug-likeness (QED) is 0.880. The van der Waals surface area contributed by atoms with Crippen LogP contribution in [0, 0.1) is 5.92 Å². The molecule has 1 unspecified atom stereocenters. The summed E-state index contributed by atoms with van der Waals surface area (Å²) in [4.78, 5) is 0.297. The van der Waals surface area contributed by atoms with E-state index >= 15 is 0 Å². The van der Waals surface area contributed by atoms with Crippen LogP contribution < -0.4 is 10.0 Å². The molecule has 4 nitrogen and oxygen atoms in total. The van der Waals surface area contributed by atoms with E-state index in [1.807, 2.05) is 0 Å². The maximum Gasteiger partial charge on any atom is 0.241 e. The zero-order valence-electron chi connectivity index (χ0n) is 9.32. The third-order valence-corrected chi connectivity index (χ3v) is 5.29. The highest BCUT2D eigenvalue weighted by atomic mass is 79.9. The summed E-state index contributed by atoms with van der Waals surface area (Å²) in [6.07, 6.45) is 1.03. The van der Waals surface area contributed by atoms with Gasteiger partial charge in [0.1, 0.15) is 0 Å². The Labute approximate surface area is 110 Å². The lowest BCUT2D eigenvalue weighted by molar-refractivity contribution is 0.538. The van der Waals surface area contributed by atoms with Crippen LogP contribution in [-0.2, 0) is 10.0 Å². The van der Waals surface area contributed by atoms with Crippen molar-refractivity contribution in [2.24, 2.45) is 5.92 Å². The maximum absolute atomic E-state index is 12.0. The monoisotopic (exact) mass is 318 g/mol. The SMILES string of the molecule is O=S(=O)(NCC1CCNC1)c1ccccc1Br. The van der Waals surface area contributed by atoms with Crippen molar-refractivity contribution in [1.29, 1.82) is 0 Å². The Balaban J connectivity index is 2.06. The molecular weight excluding hydrogens is 304 g/mol. The van der Waals surface area contributed by atoms with Crippen LogP contribution in [0.2, 0.25) is 0 Å². The van der Waals surface area contributed by atoms with E-state index < -0.39 is 10.0 Å². The van der Waals surface area contributed by atoms with Gasteiger partial charge in [-0.25, -0.2) is 13.1 Å². The van der Waals surface area contributed by atoms with Crippen LogP contribution in [0.1, 0.15) is 6.42 Å². The van der Waals surface area contributed by atoms with Crippen LogP contribution >= 0.6 is 15.9 Å². The third-order valence-electron chi connectivity index (χ3n) is 2.85. The normalized spacial score (nSPS) is 20.6. The fourth-order valence-electron chi connectivity index (χ4n) is 1.86. The molecule has 0 spiro atoms. The average Bonchev–Trinajstić information content (AvgIpc) is 2.80. The minimum Gasteiger partial charge on any atom is -0.316 e. The van der Waals surface area contributed by atoms with Gasteiger partial charge >= 0.3 is 0 Å². The third kappa shape index (κ3) is 3.28. The molecule has 0 saturated carbocycles. The summed E-state index contributed by atoms with van der Waals surface area (Å²) < 4.78 is 27.4. The van der Waals surface area contributed by atoms with Crippen LogP contribution in [0.4, 0.5) is 0 Å². The molecule has 0 radical (unpaired) electrons. The highest BCUT2D eigenvalue weighted by Gasteiger charge is 2.20. The molecule has 1 fully saturated rings. The molecule has 0 aliphatic carbocycles. The summed E-state index contributed by atoms with van der Waals surface area (Å²) in [5.74, 6) is 0.396. The zero-order valence-corrected chi connectivity index (χ0v) is 11.7. The molecule has 1 aliphatic rings. The van der Waals surface area contributed by atoms with Crippen molar-refractivity contribution >= 4 is 26.0 Å². The lowest BCUT2D eigenvalue weighted by Crippen LogP contribution is -2.30. The van der Waals surface area contributed by atoms with Crippen molar-refractivity contribution in [2.75, 3.05) is 19.6 Å². The first-order valence-electron chi connectivity index (χ1n) is 5.54. The van der Waals surface area contributed by atoms with Gasteiger partial charge < -0.3 is 5.32 Å². The van der Waals surface area contributed by atoms with Crippen molar-refractivity contribution in [3.63, 3.8) is 0 Å². The van der Waals surface area contributed by atoms with Crippen LogP contribution in [0.25, 0.3) is 0 Å². The first kappa shape index (κ1) is 13.0. The van der Waals surface area contributed by atoms with Crippen LogP contribution in [0.3, 0.4) is 0 Å². The second-order valence-corrected chi connectivity index (χ2v) is 6.73. The van der Waals surface area contributed by atoms with E-state index in [9.17, 15) is 8.42 Å². The summed E-state index contributed by atoms with van der Waals surface area (Å²) >= 11 is 3.25. The molecular formula is C11H15BrN2O2S. The van der Waals surface area contributed by atoms with Gasteiger partial charge in [-0.1, -0.05) is 12.1 Å². The number of nitrogens with one attached hydrogen (secondary N) is 2. The summed E-state index contributed by atoms with van der Waals surface area (Å²) in [5, 5.41) is 3.22. The van der Waals surface area contributed by atoms with Gasteiger partial charge in [-0.3, -0.25) is 0 Å². The Kier molecular flexibility index (Phi) is 4.19. The molecule has 0 amide bonds. The van der Waals surface area contributed by atoms with Gasteiger partial charge in [-0.15, -0.1) is 0 Å². The second kappa shape index (κ2) is 5.48. The highest BCUT2D eigenvalue weighted by molar-refractivity contribution is 9.10. The molecule has 1 aliphatic heterocycles. The fourth-order valence-corrected chi connectivity index (χ4v) is 3.97. The summed E-state index contributed by atoms with van der Waals surface area (Å²) in [6, 6.07) is 6.84. The molecule has 94 valence electrons. The van der Waals surface area contributed by atoms with Gasteiger partial charge in [0.05, 0.1) is 4.90 Å². The molecule has 1 aromatic rings. The first-order chi connectivity index (χ1) is 8.09. The van der Waals surface area contributed by atoms with E-state index in [0.29, 0.717) is 21.8 Å². The van der Waals surface area contributed by atoms with Gasteiger partial charge in [0.25, 0.3) is 0 Å². The largest absolute Gasteiger partial charge is 0.316 e. The fraction of sp³-hybridized carbons (Fsp3) is 0.455.